The van der Waals surface area contributed by atoms with Crippen LogP contribution in [0.3, 0.4) is 0 Å². The molecular weight excluding hydrogens is 152 g/mol. The summed E-state index contributed by atoms with van der Waals surface area (Å²) >= 11 is 0. The van der Waals surface area contributed by atoms with Gasteiger partial charge in [-0.05, 0) is 13.3 Å². The van der Waals surface area contributed by atoms with Crippen molar-refractivity contribution in [3.05, 3.63) is 0 Å². The van der Waals surface area contributed by atoms with Gasteiger partial charge in [0.25, 0.3) is 0 Å². The van der Waals surface area contributed by atoms with E-state index in [0.717, 1.165) is 0 Å². The fourth-order valence-corrected chi connectivity index (χ4v) is 0.865. The zero-order valence-electron chi connectivity index (χ0n) is 7.71. The number of rotatable bonds is 4. The van der Waals surface area contributed by atoms with Gasteiger partial charge in [-0.25, -0.2) is 0 Å². The van der Waals surface area contributed by atoms with Crippen molar-refractivity contribution in [2.45, 2.75) is 26.3 Å². The molecule has 3 nitrogen and oxygen atoms in total. The molecule has 0 saturated heterocycles. The van der Waals surface area contributed by atoms with Gasteiger partial charge in [-0.1, -0.05) is 12.8 Å². The molecule has 1 unspecified atom stereocenters. The van der Waals surface area contributed by atoms with Crippen LogP contribution in [-0.4, -0.2) is 29.9 Å². The third-order valence-electron chi connectivity index (χ3n) is 1.73. The molecule has 0 aromatic carbocycles. The van der Waals surface area contributed by atoms with E-state index in [9.17, 15) is 4.79 Å². The summed E-state index contributed by atoms with van der Waals surface area (Å²) in [5.41, 5.74) is 5.56. The topological polar surface area (TPSA) is 46.3 Å². The van der Waals surface area contributed by atoms with Crippen molar-refractivity contribution in [2.24, 2.45) is 5.73 Å². The van der Waals surface area contributed by atoms with E-state index in [2.05, 4.69) is 5.92 Å². The van der Waals surface area contributed by atoms with Gasteiger partial charge in [0.1, 0.15) is 0 Å². The quantitative estimate of drug-likeness (QED) is 0.610. The van der Waals surface area contributed by atoms with E-state index in [0.29, 0.717) is 19.5 Å². The van der Waals surface area contributed by atoms with Crippen LogP contribution in [0.5, 0.6) is 0 Å². The summed E-state index contributed by atoms with van der Waals surface area (Å²) in [5.74, 6) is 2.37. The van der Waals surface area contributed by atoms with E-state index in [1.165, 1.54) is 0 Å². The summed E-state index contributed by atoms with van der Waals surface area (Å²) in [4.78, 5) is 13.0. The molecule has 0 bridgehead atoms. The molecule has 0 radical (unpaired) electrons. The molecule has 1 amide bonds. The highest BCUT2D eigenvalue weighted by atomic mass is 16.2. The first kappa shape index (κ1) is 11.0. The number of hydrogen-bond donors (Lipinski definition) is 1. The van der Waals surface area contributed by atoms with Crippen molar-refractivity contribution in [2.75, 3.05) is 13.1 Å². The van der Waals surface area contributed by atoms with E-state index >= 15 is 0 Å². The van der Waals surface area contributed by atoms with Gasteiger partial charge in [-0.3, -0.25) is 4.79 Å². The first-order chi connectivity index (χ1) is 5.67. The molecule has 0 aromatic rings. The Bertz CT molecular complexity index is 183. The number of nitrogens with two attached hydrogens (primary N) is 1. The zero-order valence-corrected chi connectivity index (χ0v) is 7.71. The van der Waals surface area contributed by atoms with Crippen molar-refractivity contribution in [1.82, 2.24) is 4.90 Å². The van der Waals surface area contributed by atoms with E-state index in [4.69, 9.17) is 12.2 Å². The Balaban J connectivity index is 4.13. The number of amides is 1. The highest BCUT2D eigenvalue weighted by molar-refractivity contribution is 5.81. The maximum absolute atomic E-state index is 11.4. The summed E-state index contributed by atoms with van der Waals surface area (Å²) in [5, 5.41) is 0. The van der Waals surface area contributed by atoms with Crippen LogP contribution in [0.1, 0.15) is 20.3 Å². The molecule has 0 spiro atoms. The predicted molar refractivity (Wildman–Crippen MR) is 49.4 cm³/mol. The van der Waals surface area contributed by atoms with Crippen LogP contribution < -0.4 is 5.73 Å². The number of carbonyl (C=O) groups excluding carboxylic acids is 1. The van der Waals surface area contributed by atoms with Crippen LogP contribution in [0, 0.1) is 12.3 Å². The van der Waals surface area contributed by atoms with Gasteiger partial charge in [-0.2, -0.15) is 0 Å². The Morgan fingerprint density at radius 1 is 1.67 bits per heavy atom. The molecule has 0 aromatic heterocycles. The first-order valence-electron chi connectivity index (χ1n) is 4.15. The second-order valence-corrected chi connectivity index (χ2v) is 2.57. The van der Waals surface area contributed by atoms with E-state index < -0.39 is 6.04 Å². The van der Waals surface area contributed by atoms with Gasteiger partial charge in [-0.15, -0.1) is 6.42 Å². The predicted octanol–water partition coefficient (Wildman–Crippen LogP) is 0.205. The highest BCUT2D eigenvalue weighted by Crippen LogP contribution is 1.95. The molecule has 1 atom stereocenters. The molecule has 0 fully saturated rings. The first-order valence-corrected chi connectivity index (χ1v) is 4.15. The molecule has 0 saturated carbocycles. The van der Waals surface area contributed by atoms with Crippen LogP contribution >= 0.6 is 0 Å². The van der Waals surface area contributed by atoms with Crippen molar-refractivity contribution in [3.8, 4) is 12.3 Å². The minimum absolute atomic E-state index is 0.0575. The number of likely N-dealkylation sites (N-methyl/N-ethyl adjacent to an activating group) is 1. The Hall–Kier alpha value is -1.01. The summed E-state index contributed by atoms with van der Waals surface area (Å²) in [7, 11) is 0. The fraction of sp³-hybridized carbons (Fsp3) is 0.667. The summed E-state index contributed by atoms with van der Waals surface area (Å²) in [6.45, 7) is 4.74. The molecule has 68 valence electrons. The molecular formula is C9H16N2O. The lowest BCUT2D eigenvalue weighted by atomic mass is 10.2. The highest BCUT2D eigenvalue weighted by Gasteiger charge is 2.16. The third-order valence-corrected chi connectivity index (χ3v) is 1.73. The molecule has 0 heterocycles. The van der Waals surface area contributed by atoms with E-state index in [1.54, 1.807) is 4.90 Å². The molecule has 12 heavy (non-hydrogen) atoms. The van der Waals surface area contributed by atoms with Gasteiger partial charge in [0.05, 0.1) is 12.6 Å². The second kappa shape index (κ2) is 5.62. The number of nitrogens with zero attached hydrogens (tertiary/aromatic N) is 1. The zero-order chi connectivity index (χ0) is 9.56. The SMILES string of the molecule is C#CCN(CC)C(=O)C(N)CC. The Kier molecular flexibility index (Phi) is 5.14. The van der Waals surface area contributed by atoms with Crippen LogP contribution in [0.2, 0.25) is 0 Å². The molecule has 0 aliphatic rings. The summed E-state index contributed by atoms with van der Waals surface area (Å²) < 4.78 is 0. The van der Waals surface area contributed by atoms with Gasteiger partial charge in [0.15, 0.2) is 0 Å². The van der Waals surface area contributed by atoms with Gasteiger partial charge in [0, 0.05) is 6.54 Å². The lowest BCUT2D eigenvalue weighted by Crippen LogP contribution is -2.43. The largest absolute Gasteiger partial charge is 0.330 e. The average molecular weight is 168 g/mol. The van der Waals surface area contributed by atoms with Crippen LogP contribution in [0.15, 0.2) is 0 Å². The minimum Gasteiger partial charge on any atom is -0.330 e. The number of terminal acetylenes is 1. The smallest absolute Gasteiger partial charge is 0.240 e. The monoisotopic (exact) mass is 168 g/mol. The molecule has 0 rings (SSSR count). The summed E-state index contributed by atoms with van der Waals surface area (Å²) in [6, 6.07) is -0.404. The molecule has 0 aliphatic heterocycles. The normalized spacial score (nSPS) is 11.8. The van der Waals surface area contributed by atoms with E-state index in [1.807, 2.05) is 13.8 Å². The maximum Gasteiger partial charge on any atom is 0.240 e. The number of carbonyl (C=O) groups is 1. The third kappa shape index (κ3) is 2.93. The molecule has 3 heteroatoms. The average Bonchev–Trinajstić information content (AvgIpc) is 2.11. The lowest BCUT2D eigenvalue weighted by Gasteiger charge is -2.21. The van der Waals surface area contributed by atoms with Gasteiger partial charge >= 0.3 is 0 Å². The van der Waals surface area contributed by atoms with Crippen LogP contribution in [0.25, 0.3) is 0 Å². The lowest BCUT2D eigenvalue weighted by molar-refractivity contribution is -0.131. The maximum atomic E-state index is 11.4. The second-order valence-electron chi connectivity index (χ2n) is 2.57. The Morgan fingerprint density at radius 3 is 2.58 bits per heavy atom. The van der Waals surface area contributed by atoms with Crippen molar-refractivity contribution in [3.63, 3.8) is 0 Å². The fourth-order valence-electron chi connectivity index (χ4n) is 0.865. The van der Waals surface area contributed by atoms with Crippen LogP contribution in [-0.2, 0) is 4.79 Å². The Labute approximate surface area is 73.9 Å². The van der Waals surface area contributed by atoms with Crippen LogP contribution in [0.4, 0.5) is 0 Å². The van der Waals surface area contributed by atoms with Crippen molar-refractivity contribution < 1.29 is 4.79 Å². The van der Waals surface area contributed by atoms with Gasteiger partial charge < -0.3 is 10.6 Å². The van der Waals surface area contributed by atoms with E-state index in [-0.39, 0.29) is 5.91 Å². The van der Waals surface area contributed by atoms with Crippen molar-refractivity contribution >= 4 is 5.91 Å². The standard InChI is InChI=1S/C9H16N2O/c1-4-7-11(6-3)9(12)8(10)5-2/h1,8H,5-7,10H2,2-3H3. The molecule has 0 aliphatic carbocycles. The Morgan fingerprint density at radius 2 is 2.25 bits per heavy atom. The summed E-state index contributed by atoms with van der Waals surface area (Å²) in [6.07, 6.45) is 5.75. The number of hydrogen-bond acceptors (Lipinski definition) is 2. The van der Waals surface area contributed by atoms with Crippen molar-refractivity contribution in [1.29, 1.82) is 0 Å². The minimum atomic E-state index is -0.404. The molecule has 2 N–H and O–H groups in total. The van der Waals surface area contributed by atoms with Gasteiger partial charge in [0.2, 0.25) is 5.91 Å².